The summed E-state index contributed by atoms with van der Waals surface area (Å²) < 4.78 is 11.6. The van der Waals surface area contributed by atoms with Crippen molar-refractivity contribution in [3.8, 4) is 11.5 Å². The van der Waals surface area contributed by atoms with Gasteiger partial charge in [0.25, 0.3) is 0 Å². The standard InChI is InChI=1S/C26H32N2O5/c1-17(20-7-9-23(29)27-25(20)30)24-21-6-5-19(16-18(21)4-8-22(24)32-3)33-15-14-28-12-10-26(2,31)11-13-28/h4-6,8,16,20,31H,1,7,9-15H2,2-3H3,(H,27,29,30)/t20-/m1/s1. The van der Waals surface area contributed by atoms with E-state index in [0.29, 0.717) is 30.8 Å². The molecule has 0 unspecified atom stereocenters. The minimum absolute atomic E-state index is 0.245. The number of rotatable bonds is 7. The van der Waals surface area contributed by atoms with Crippen LogP contribution in [-0.2, 0) is 9.59 Å². The molecule has 4 rings (SSSR count). The SMILES string of the molecule is C=C(c1c(OC)ccc2cc(OCCN3CCC(C)(O)CC3)ccc12)[C@H]1CCC(=O)NC1=O. The summed E-state index contributed by atoms with van der Waals surface area (Å²) in [5.41, 5.74) is 0.889. The van der Waals surface area contributed by atoms with E-state index in [1.807, 2.05) is 37.3 Å². The number of methoxy groups -OCH3 is 1. The summed E-state index contributed by atoms with van der Waals surface area (Å²) in [5, 5.41) is 14.4. The predicted molar refractivity (Wildman–Crippen MR) is 127 cm³/mol. The molecule has 0 saturated carbocycles. The quantitative estimate of drug-likeness (QED) is 0.628. The molecule has 2 heterocycles. The van der Waals surface area contributed by atoms with Gasteiger partial charge in [-0.2, -0.15) is 0 Å². The topological polar surface area (TPSA) is 88.1 Å². The van der Waals surface area contributed by atoms with Crippen molar-refractivity contribution in [1.29, 1.82) is 0 Å². The number of carbonyl (C=O) groups is 2. The molecule has 176 valence electrons. The fourth-order valence-electron chi connectivity index (χ4n) is 4.63. The fourth-order valence-corrected chi connectivity index (χ4v) is 4.63. The van der Waals surface area contributed by atoms with Crippen molar-refractivity contribution in [3.63, 3.8) is 0 Å². The Morgan fingerprint density at radius 2 is 2.00 bits per heavy atom. The van der Waals surface area contributed by atoms with Gasteiger partial charge in [-0.3, -0.25) is 19.8 Å². The highest BCUT2D eigenvalue weighted by Crippen LogP contribution is 2.39. The van der Waals surface area contributed by atoms with E-state index in [0.717, 1.165) is 54.6 Å². The molecule has 2 saturated heterocycles. The lowest BCUT2D eigenvalue weighted by Gasteiger charge is -2.35. The largest absolute Gasteiger partial charge is 0.496 e. The van der Waals surface area contributed by atoms with Crippen molar-refractivity contribution in [2.75, 3.05) is 33.4 Å². The summed E-state index contributed by atoms with van der Waals surface area (Å²) >= 11 is 0. The molecule has 0 aliphatic carbocycles. The number of ether oxygens (including phenoxy) is 2. The van der Waals surface area contributed by atoms with Gasteiger partial charge in [0.2, 0.25) is 11.8 Å². The molecule has 1 atom stereocenters. The summed E-state index contributed by atoms with van der Waals surface area (Å²) in [5.74, 6) is 0.393. The summed E-state index contributed by atoms with van der Waals surface area (Å²) in [4.78, 5) is 26.3. The maximum atomic E-state index is 12.4. The van der Waals surface area contributed by atoms with Crippen molar-refractivity contribution < 1.29 is 24.2 Å². The van der Waals surface area contributed by atoms with Crippen molar-refractivity contribution in [1.82, 2.24) is 10.2 Å². The van der Waals surface area contributed by atoms with Crippen molar-refractivity contribution >= 4 is 28.2 Å². The molecule has 2 fully saturated rings. The maximum Gasteiger partial charge on any atom is 0.234 e. The van der Waals surface area contributed by atoms with Gasteiger partial charge in [0.05, 0.1) is 18.6 Å². The second kappa shape index (κ2) is 9.53. The van der Waals surface area contributed by atoms with Crippen LogP contribution in [0, 0.1) is 5.92 Å². The van der Waals surface area contributed by atoms with E-state index in [1.54, 1.807) is 7.11 Å². The Morgan fingerprint density at radius 3 is 2.70 bits per heavy atom. The monoisotopic (exact) mass is 452 g/mol. The lowest BCUT2D eigenvalue weighted by molar-refractivity contribution is -0.134. The van der Waals surface area contributed by atoms with Gasteiger partial charge in [-0.05, 0) is 66.8 Å². The molecule has 2 aromatic rings. The van der Waals surface area contributed by atoms with Crippen LogP contribution in [0.5, 0.6) is 11.5 Å². The van der Waals surface area contributed by atoms with E-state index in [4.69, 9.17) is 9.47 Å². The molecule has 2 aliphatic heterocycles. The number of aliphatic hydroxyl groups is 1. The van der Waals surface area contributed by atoms with E-state index >= 15 is 0 Å². The number of hydrogen-bond donors (Lipinski definition) is 2. The summed E-state index contributed by atoms with van der Waals surface area (Å²) in [7, 11) is 1.60. The molecule has 2 aliphatic rings. The second-order valence-corrected chi connectivity index (χ2v) is 9.24. The average molecular weight is 453 g/mol. The van der Waals surface area contributed by atoms with Crippen LogP contribution in [0.3, 0.4) is 0 Å². The van der Waals surface area contributed by atoms with E-state index in [9.17, 15) is 14.7 Å². The number of amides is 2. The maximum absolute atomic E-state index is 12.4. The lowest BCUT2D eigenvalue weighted by Crippen LogP contribution is -2.43. The Balaban J connectivity index is 1.49. The number of piperidine rings is 2. The minimum atomic E-state index is -0.549. The van der Waals surface area contributed by atoms with Crippen LogP contribution in [0.15, 0.2) is 36.9 Å². The van der Waals surface area contributed by atoms with E-state index in [-0.39, 0.29) is 11.8 Å². The minimum Gasteiger partial charge on any atom is -0.496 e. The molecule has 2 amide bonds. The predicted octanol–water partition coefficient (Wildman–Crippen LogP) is 3.14. The van der Waals surface area contributed by atoms with Crippen molar-refractivity contribution in [3.05, 3.63) is 42.5 Å². The van der Waals surface area contributed by atoms with Crippen molar-refractivity contribution in [2.45, 2.75) is 38.2 Å². The molecular formula is C26H32N2O5. The van der Waals surface area contributed by atoms with Gasteiger partial charge < -0.3 is 14.6 Å². The molecule has 33 heavy (non-hydrogen) atoms. The third kappa shape index (κ3) is 5.20. The zero-order valence-corrected chi connectivity index (χ0v) is 19.4. The molecule has 7 heteroatoms. The Kier molecular flexibility index (Phi) is 6.72. The lowest BCUT2D eigenvalue weighted by atomic mass is 9.84. The number of fused-ring (bicyclic) bond motifs is 1. The van der Waals surface area contributed by atoms with Crippen LogP contribution >= 0.6 is 0 Å². The molecule has 0 radical (unpaired) electrons. The number of nitrogens with one attached hydrogen (secondary N) is 1. The summed E-state index contributed by atoms with van der Waals surface area (Å²) in [6.45, 7) is 9.24. The normalized spacial score (nSPS) is 21.0. The van der Waals surface area contributed by atoms with Crippen LogP contribution in [0.1, 0.15) is 38.2 Å². The van der Waals surface area contributed by atoms with Gasteiger partial charge in [-0.15, -0.1) is 0 Å². The van der Waals surface area contributed by atoms with Gasteiger partial charge in [0.15, 0.2) is 0 Å². The molecule has 7 nitrogen and oxygen atoms in total. The zero-order chi connectivity index (χ0) is 23.6. The summed E-state index contributed by atoms with van der Waals surface area (Å²) in [6, 6.07) is 9.71. The van der Waals surface area contributed by atoms with Crippen LogP contribution in [0.2, 0.25) is 0 Å². The van der Waals surface area contributed by atoms with Crippen LogP contribution in [0.4, 0.5) is 0 Å². The molecule has 2 aromatic carbocycles. The molecule has 2 N–H and O–H groups in total. The van der Waals surface area contributed by atoms with E-state index in [1.165, 1.54) is 0 Å². The molecule has 0 spiro atoms. The van der Waals surface area contributed by atoms with Crippen LogP contribution < -0.4 is 14.8 Å². The van der Waals surface area contributed by atoms with Crippen LogP contribution in [-0.4, -0.2) is 60.8 Å². The van der Waals surface area contributed by atoms with E-state index in [2.05, 4.69) is 16.8 Å². The first-order chi connectivity index (χ1) is 15.8. The molecular weight excluding hydrogens is 420 g/mol. The Morgan fingerprint density at radius 1 is 1.24 bits per heavy atom. The number of imide groups is 1. The highest BCUT2D eigenvalue weighted by atomic mass is 16.5. The fraction of sp³-hybridized carbons (Fsp3) is 0.462. The number of hydrogen-bond acceptors (Lipinski definition) is 6. The Bertz CT molecular complexity index is 1070. The van der Waals surface area contributed by atoms with Gasteiger partial charge >= 0.3 is 0 Å². The smallest absolute Gasteiger partial charge is 0.234 e. The van der Waals surface area contributed by atoms with Crippen molar-refractivity contribution in [2.24, 2.45) is 5.92 Å². The average Bonchev–Trinajstić information content (AvgIpc) is 2.79. The number of likely N-dealkylation sites (tertiary alicyclic amines) is 1. The first-order valence-corrected chi connectivity index (χ1v) is 11.5. The van der Waals surface area contributed by atoms with Gasteiger partial charge in [0.1, 0.15) is 18.1 Å². The number of nitrogens with zero attached hydrogens (tertiary/aromatic N) is 1. The Labute approximate surface area is 194 Å². The molecule has 0 aromatic heterocycles. The summed E-state index contributed by atoms with van der Waals surface area (Å²) in [6.07, 6.45) is 2.31. The number of benzene rings is 2. The van der Waals surface area contributed by atoms with Gasteiger partial charge in [0, 0.05) is 31.6 Å². The van der Waals surface area contributed by atoms with E-state index < -0.39 is 11.5 Å². The first kappa shape index (κ1) is 23.3. The highest BCUT2D eigenvalue weighted by Gasteiger charge is 2.31. The van der Waals surface area contributed by atoms with Gasteiger partial charge in [-0.25, -0.2) is 0 Å². The first-order valence-electron chi connectivity index (χ1n) is 11.5. The Hall–Kier alpha value is -2.90. The molecule has 0 bridgehead atoms. The van der Waals surface area contributed by atoms with Gasteiger partial charge in [-0.1, -0.05) is 12.6 Å². The number of carbonyl (C=O) groups excluding carboxylic acids is 2. The highest BCUT2D eigenvalue weighted by molar-refractivity contribution is 6.07. The van der Waals surface area contributed by atoms with Crippen LogP contribution in [0.25, 0.3) is 16.3 Å². The second-order valence-electron chi connectivity index (χ2n) is 9.24. The third-order valence-electron chi connectivity index (χ3n) is 6.76. The third-order valence-corrected chi connectivity index (χ3v) is 6.76. The zero-order valence-electron chi connectivity index (χ0n) is 19.4.